The van der Waals surface area contributed by atoms with E-state index in [-0.39, 0.29) is 62.0 Å². The van der Waals surface area contributed by atoms with E-state index in [9.17, 15) is 17.9 Å². The van der Waals surface area contributed by atoms with E-state index in [2.05, 4.69) is 25.8 Å². The largest absolute Gasteiger partial charge is 0.508 e. The number of phenolic OH excluding ortho intramolecular Hbond substituents is 1. The first kappa shape index (κ1) is 26.0. The number of phenols is 1. The molecule has 8 nitrogen and oxygen atoms in total. The van der Waals surface area contributed by atoms with E-state index in [4.69, 9.17) is 11.2 Å². The Morgan fingerprint density at radius 1 is 1.15 bits per heavy atom. The van der Waals surface area contributed by atoms with E-state index >= 15 is 4.39 Å². The molecule has 2 aliphatic heterocycles. The molecule has 0 unspecified atom stereocenters. The van der Waals surface area contributed by atoms with Gasteiger partial charge in [-0.05, 0) is 75.2 Å². The molecule has 0 radical (unpaired) electrons. The second-order valence-corrected chi connectivity index (χ2v) is 13.2. The van der Waals surface area contributed by atoms with Gasteiger partial charge in [0.15, 0.2) is 20.7 Å². The van der Waals surface area contributed by atoms with Crippen LogP contribution in [0.2, 0.25) is 0 Å². The molecule has 3 fully saturated rings. The summed E-state index contributed by atoms with van der Waals surface area (Å²) in [6.07, 6.45) is 11.8. The first-order valence-electron chi connectivity index (χ1n) is 13.6. The van der Waals surface area contributed by atoms with Gasteiger partial charge in [0.1, 0.15) is 29.4 Å². The van der Waals surface area contributed by atoms with Crippen LogP contribution in [-0.2, 0) is 9.84 Å². The highest BCUT2D eigenvalue weighted by Crippen LogP contribution is 2.42. The van der Waals surface area contributed by atoms with Gasteiger partial charge < -0.3 is 9.84 Å². The Morgan fingerprint density at radius 3 is 2.61 bits per heavy atom. The van der Waals surface area contributed by atoms with Crippen LogP contribution in [0.25, 0.3) is 32.9 Å². The summed E-state index contributed by atoms with van der Waals surface area (Å²) < 4.78 is 64.0. The second-order valence-electron chi connectivity index (χ2n) is 11.1. The molecule has 4 aromatic rings. The van der Waals surface area contributed by atoms with Crippen molar-refractivity contribution in [1.82, 2.24) is 19.9 Å². The minimum absolute atomic E-state index is 0.0472. The van der Waals surface area contributed by atoms with Crippen LogP contribution in [0.5, 0.6) is 11.8 Å². The zero-order valence-corrected chi connectivity index (χ0v) is 22.8. The highest BCUT2D eigenvalue weighted by Gasteiger charge is 2.45. The Bertz CT molecular complexity index is 1890. The molecule has 210 valence electrons. The fourth-order valence-electron chi connectivity index (χ4n) is 6.43. The Balaban J connectivity index is 1.42. The van der Waals surface area contributed by atoms with Gasteiger partial charge in [-0.25, -0.2) is 17.2 Å². The van der Waals surface area contributed by atoms with E-state index in [0.717, 1.165) is 38.8 Å². The highest BCUT2D eigenvalue weighted by molar-refractivity contribution is 7.92. The van der Waals surface area contributed by atoms with Crippen LogP contribution < -0.4 is 4.74 Å². The maximum atomic E-state index is 16.4. The summed E-state index contributed by atoms with van der Waals surface area (Å²) >= 11 is 0. The number of sulfone groups is 1. The van der Waals surface area contributed by atoms with Crippen molar-refractivity contribution in [2.75, 3.05) is 19.7 Å². The van der Waals surface area contributed by atoms with Crippen molar-refractivity contribution in [3.63, 3.8) is 0 Å². The van der Waals surface area contributed by atoms with Crippen molar-refractivity contribution in [1.29, 1.82) is 0 Å². The summed E-state index contributed by atoms with van der Waals surface area (Å²) in [5, 5.41) is 9.98. The Kier molecular flexibility index (Phi) is 5.92. The number of pyridine rings is 1. The highest BCUT2D eigenvalue weighted by atomic mass is 32.2. The average Bonchev–Trinajstić information content (AvgIpc) is 3.64. The van der Waals surface area contributed by atoms with Crippen LogP contribution in [0.3, 0.4) is 0 Å². The van der Waals surface area contributed by atoms with Gasteiger partial charge in [0.2, 0.25) is 0 Å². The van der Waals surface area contributed by atoms with Crippen molar-refractivity contribution >= 4 is 31.5 Å². The van der Waals surface area contributed by atoms with Crippen molar-refractivity contribution in [3.05, 3.63) is 47.7 Å². The summed E-state index contributed by atoms with van der Waals surface area (Å²) in [6, 6.07) is 5.01. The molecule has 0 spiro atoms. The molecule has 11 heteroatoms. The van der Waals surface area contributed by atoms with Gasteiger partial charge >= 0.3 is 6.01 Å². The monoisotopic (exact) mass is 576 g/mol. The number of hydrogen-bond acceptors (Lipinski definition) is 8. The number of fused-ring (bicyclic) bond motifs is 3. The van der Waals surface area contributed by atoms with Gasteiger partial charge in [0.05, 0.1) is 21.7 Å². The molecule has 4 heterocycles. The second kappa shape index (κ2) is 9.33. The third-order valence-electron chi connectivity index (χ3n) is 8.59. The van der Waals surface area contributed by atoms with E-state index in [1.807, 2.05) is 0 Å². The number of aromatic hydroxyl groups is 1. The van der Waals surface area contributed by atoms with Crippen molar-refractivity contribution in [2.24, 2.45) is 0 Å². The Morgan fingerprint density at radius 2 is 1.90 bits per heavy atom. The summed E-state index contributed by atoms with van der Waals surface area (Å²) in [6.45, 7) is 2.22. The first-order valence-corrected chi connectivity index (χ1v) is 15.2. The molecule has 2 saturated heterocycles. The maximum Gasteiger partial charge on any atom is 0.318 e. The molecular formula is C30H26F2N4O4S. The fraction of sp³-hybridized carbons (Fsp3) is 0.367. The molecule has 0 amide bonds. The summed E-state index contributed by atoms with van der Waals surface area (Å²) in [5.41, 5.74) is -0.783. The molecule has 3 aliphatic rings. The van der Waals surface area contributed by atoms with Gasteiger partial charge in [-0.1, -0.05) is 12.0 Å². The number of benzene rings is 2. The smallest absolute Gasteiger partial charge is 0.318 e. The fourth-order valence-corrected chi connectivity index (χ4v) is 8.16. The number of halogens is 2. The number of hydrogen-bond donors (Lipinski definition) is 1. The number of rotatable bonds is 6. The lowest BCUT2D eigenvalue weighted by molar-refractivity contribution is 0.107. The first-order chi connectivity index (χ1) is 19.7. The van der Waals surface area contributed by atoms with Crippen molar-refractivity contribution in [3.8, 4) is 35.4 Å². The number of ether oxygens (including phenoxy) is 1. The van der Waals surface area contributed by atoms with Gasteiger partial charge in [0, 0.05) is 17.1 Å². The minimum Gasteiger partial charge on any atom is -0.508 e. The SMILES string of the molecule is C#Cc1c(F)ccc2cc(O)cc(-c3ncc4c(S(=O)(=O)C5CC5)nc(OCC56CCCN5CCC6)nc4c3F)c12. The number of terminal acetylenes is 1. The third-order valence-corrected chi connectivity index (χ3v) is 10.8. The predicted octanol–water partition coefficient (Wildman–Crippen LogP) is 4.75. The van der Waals surface area contributed by atoms with Gasteiger partial charge in [0.25, 0.3) is 0 Å². The molecular weight excluding hydrogens is 550 g/mol. The molecule has 0 bridgehead atoms. The molecule has 7 rings (SSSR count). The molecule has 2 aromatic heterocycles. The Labute approximate surface area is 235 Å². The molecule has 1 saturated carbocycles. The Hall–Kier alpha value is -3.88. The van der Waals surface area contributed by atoms with Gasteiger partial charge in [-0.2, -0.15) is 9.97 Å². The predicted molar refractivity (Wildman–Crippen MR) is 148 cm³/mol. The zero-order valence-electron chi connectivity index (χ0n) is 22.0. The van der Waals surface area contributed by atoms with Crippen molar-refractivity contribution in [2.45, 2.75) is 54.3 Å². The van der Waals surface area contributed by atoms with E-state index in [1.54, 1.807) is 0 Å². The molecule has 0 atom stereocenters. The van der Waals surface area contributed by atoms with Gasteiger partial charge in [-0.3, -0.25) is 9.88 Å². The van der Waals surface area contributed by atoms with Crippen LogP contribution >= 0.6 is 0 Å². The molecule has 1 N–H and O–H groups in total. The molecule has 1 aliphatic carbocycles. The standard InChI is InChI=1S/C30H26F2N4O4S/c1-2-20-23(31)8-5-17-13-18(37)14-21(24(17)20)26-25(32)27-22(15-33-26)28(41(38,39)19-6-7-19)35-29(34-27)40-16-30-9-3-11-36(30)12-4-10-30/h1,5,8,13-15,19,37H,3-4,6-7,9-12,16H2. The number of aromatic nitrogens is 3. The van der Waals surface area contributed by atoms with Gasteiger partial charge in [-0.15, -0.1) is 6.42 Å². The lowest BCUT2D eigenvalue weighted by atomic mass is 9.95. The van der Waals surface area contributed by atoms with Crippen LogP contribution in [0.4, 0.5) is 8.78 Å². The lowest BCUT2D eigenvalue weighted by Crippen LogP contribution is -2.43. The van der Waals surface area contributed by atoms with E-state index in [1.165, 1.54) is 30.5 Å². The normalized spacial score (nSPS) is 18.6. The van der Waals surface area contributed by atoms with Crippen LogP contribution in [-0.4, -0.2) is 63.9 Å². The van der Waals surface area contributed by atoms with E-state index in [0.29, 0.717) is 18.2 Å². The maximum absolute atomic E-state index is 16.4. The minimum atomic E-state index is -3.89. The lowest BCUT2D eigenvalue weighted by Gasteiger charge is -2.31. The third kappa shape index (κ3) is 4.11. The topological polar surface area (TPSA) is 106 Å². The zero-order chi connectivity index (χ0) is 28.5. The van der Waals surface area contributed by atoms with Crippen LogP contribution in [0.1, 0.15) is 44.1 Å². The summed E-state index contributed by atoms with van der Waals surface area (Å²) in [7, 11) is -3.89. The quantitative estimate of drug-likeness (QED) is 0.259. The van der Waals surface area contributed by atoms with E-state index < -0.39 is 26.7 Å². The number of nitrogens with zero attached hydrogens (tertiary/aromatic N) is 4. The van der Waals surface area contributed by atoms with Crippen LogP contribution in [0, 0.1) is 24.0 Å². The van der Waals surface area contributed by atoms with Crippen molar-refractivity contribution < 1.29 is 27.0 Å². The summed E-state index contributed by atoms with van der Waals surface area (Å²) in [4.78, 5) is 15.3. The summed E-state index contributed by atoms with van der Waals surface area (Å²) in [5.74, 6) is 0.463. The molecule has 2 aromatic carbocycles. The average molecular weight is 577 g/mol. The van der Waals surface area contributed by atoms with Crippen LogP contribution in [0.15, 0.2) is 35.5 Å². The molecule has 41 heavy (non-hydrogen) atoms.